The Balaban J connectivity index is 2.20. The summed E-state index contributed by atoms with van der Waals surface area (Å²) in [5.41, 5.74) is 5.00. The number of hydrogen-bond donors (Lipinski definition) is 2. The lowest BCUT2D eigenvalue weighted by Gasteiger charge is -2.35. The van der Waals surface area contributed by atoms with Gasteiger partial charge in [0.15, 0.2) is 5.84 Å². The quantitative estimate of drug-likeness (QED) is 0.320. The highest BCUT2D eigenvalue weighted by molar-refractivity contribution is 6.06. The normalized spacial score (nSPS) is 20.4. The van der Waals surface area contributed by atoms with Crippen LogP contribution < -0.4 is 5.73 Å². The van der Waals surface area contributed by atoms with Crippen LogP contribution in [0.15, 0.2) is 5.16 Å². The van der Waals surface area contributed by atoms with Crippen LogP contribution in [0.1, 0.15) is 52.4 Å². The van der Waals surface area contributed by atoms with Crippen molar-refractivity contribution < 1.29 is 10.0 Å². The predicted octanol–water partition coefficient (Wildman–Crippen LogP) is 1.94. The van der Waals surface area contributed by atoms with E-state index in [-0.39, 0.29) is 11.7 Å². The fraction of sp³-hybridized carbons (Fsp3) is 0.857. The van der Waals surface area contributed by atoms with Gasteiger partial charge in [-0.1, -0.05) is 19.0 Å². The Kier molecular flexibility index (Phi) is 4.02. The molecule has 1 amide bonds. The number of amides is 1. The lowest BCUT2D eigenvalue weighted by atomic mass is 9.79. The zero-order valence-corrected chi connectivity index (χ0v) is 11.9. The van der Waals surface area contributed by atoms with Crippen LogP contribution in [0.2, 0.25) is 0 Å². The highest BCUT2D eigenvalue weighted by Crippen LogP contribution is 2.39. The first-order valence-corrected chi connectivity index (χ1v) is 7.38. The van der Waals surface area contributed by atoms with Gasteiger partial charge in [0.05, 0.1) is 0 Å². The molecule has 0 aromatic carbocycles. The zero-order chi connectivity index (χ0) is 14.0. The second-order valence-electron chi connectivity index (χ2n) is 5.91. The molecule has 0 aliphatic heterocycles. The molecule has 0 aromatic rings. The molecule has 3 N–H and O–H groups in total. The van der Waals surface area contributed by atoms with Crippen LogP contribution in [0.5, 0.6) is 0 Å². The number of rotatable bonds is 7. The maximum absolute atomic E-state index is 12.9. The van der Waals surface area contributed by atoms with Gasteiger partial charge in [0.25, 0.3) is 0 Å². The standard InChI is InChI=1S/C14H25N3O2/c1-3-14(4-2,12(15)16-19)13(18)17(11-7-8-11)9-10-5-6-10/h10-11,19H,3-9H2,1-2H3,(H2,15,16). The van der Waals surface area contributed by atoms with Crippen molar-refractivity contribution in [2.24, 2.45) is 22.2 Å². The molecule has 0 aromatic heterocycles. The smallest absolute Gasteiger partial charge is 0.236 e. The van der Waals surface area contributed by atoms with E-state index >= 15 is 0 Å². The Morgan fingerprint density at radius 3 is 2.26 bits per heavy atom. The summed E-state index contributed by atoms with van der Waals surface area (Å²) in [7, 11) is 0. The van der Waals surface area contributed by atoms with E-state index in [4.69, 9.17) is 10.9 Å². The van der Waals surface area contributed by atoms with Gasteiger partial charge in [-0.3, -0.25) is 4.79 Å². The van der Waals surface area contributed by atoms with Gasteiger partial charge in [0.2, 0.25) is 5.91 Å². The first kappa shape index (κ1) is 14.2. The largest absolute Gasteiger partial charge is 0.409 e. The molecule has 2 saturated carbocycles. The molecule has 2 aliphatic carbocycles. The van der Waals surface area contributed by atoms with Gasteiger partial charge >= 0.3 is 0 Å². The molecule has 5 nitrogen and oxygen atoms in total. The van der Waals surface area contributed by atoms with Gasteiger partial charge in [-0.15, -0.1) is 0 Å². The molecule has 0 unspecified atom stereocenters. The minimum absolute atomic E-state index is 0.0576. The van der Waals surface area contributed by atoms with Crippen LogP contribution in [0, 0.1) is 11.3 Å². The van der Waals surface area contributed by atoms with Gasteiger partial charge < -0.3 is 15.8 Å². The SMILES string of the molecule is CCC(CC)(C(=O)N(CC1CC1)C1CC1)C(N)=NO. The molecule has 0 saturated heterocycles. The fourth-order valence-corrected chi connectivity index (χ4v) is 2.76. The van der Waals surface area contributed by atoms with Crippen molar-refractivity contribution in [1.29, 1.82) is 0 Å². The lowest BCUT2D eigenvalue weighted by Crippen LogP contribution is -2.52. The fourth-order valence-electron chi connectivity index (χ4n) is 2.76. The second-order valence-corrected chi connectivity index (χ2v) is 5.91. The van der Waals surface area contributed by atoms with Crippen LogP contribution in [0.4, 0.5) is 0 Å². The second kappa shape index (κ2) is 5.39. The molecular formula is C14H25N3O2. The van der Waals surface area contributed by atoms with E-state index in [0.717, 1.165) is 19.4 Å². The maximum Gasteiger partial charge on any atom is 0.236 e. The number of nitrogens with zero attached hydrogens (tertiary/aromatic N) is 2. The molecule has 19 heavy (non-hydrogen) atoms. The van der Waals surface area contributed by atoms with E-state index in [1.54, 1.807) is 0 Å². The average Bonchev–Trinajstić information content (AvgIpc) is 3.30. The third-order valence-corrected chi connectivity index (χ3v) is 4.61. The van der Waals surface area contributed by atoms with Crippen molar-refractivity contribution in [3.05, 3.63) is 0 Å². The molecule has 0 radical (unpaired) electrons. The Bertz CT molecular complexity index is 369. The number of carbonyl (C=O) groups is 1. The third kappa shape index (κ3) is 2.69. The molecule has 108 valence electrons. The van der Waals surface area contributed by atoms with Crippen LogP contribution in [-0.2, 0) is 4.79 Å². The lowest BCUT2D eigenvalue weighted by molar-refractivity contribution is -0.139. The Morgan fingerprint density at radius 2 is 1.89 bits per heavy atom. The summed E-state index contributed by atoms with van der Waals surface area (Å²) in [6, 6.07) is 0.386. The van der Waals surface area contributed by atoms with Crippen molar-refractivity contribution in [2.45, 2.75) is 58.4 Å². The average molecular weight is 267 g/mol. The van der Waals surface area contributed by atoms with E-state index in [9.17, 15) is 4.79 Å². The monoisotopic (exact) mass is 267 g/mol. The molecule has 0 bridgehead atoms. The number of hydrogen-bond acceptors (Lipinski definition) is 3. The Hall–Kier alpha value is -1.26. The first-order valence-electron chi connectivity index (χ1n) is 7.38. The summed E-state index contributed by atoms with van der Waals surface area (Å²) in [6.07, 6.45) is 5.80. The van der Waals surface area contributed by atoms with Gasteiger partial charge in [-0.2, -0.15) is 0 Å². The number of amidine groups is 1. The van der Waals surface area contributed by atoms with E-state index in [1.807, 2.05) is 18.7 Å². The maximum atomic E-state index is 12.9. The van der Waals surface area contributed by atoms with Gasteiger partial charge in [-0.05, 0) is 44.4 Å². The molecule has 5 heteroatoms. The number of nitrogens with two attached hydrogens (primary N) is 1. The summed E-state index contributed by atoms with van der Waals surface area (Å²) in [4.78, 5) is 14.9. The summed E-state index contributed by atoms with van der Waals surface area (Å²) in [5, 5.41) is 12.1. The van der Waals surface area contributed by atoms with Crippen LogP contribution in [-0.4, -0.2) is 34.4 Å². The first-order chi connectivity index (χ1) is 9.08. The number of oxime groups is 1. The van der Waals surface area contributed by atoms with Gasteiger partial charge in [-0.25, -0.2) is 0 Å². The molecule has 0 spiro atoms. The highest BCUT2D eigenvalue weighted by Gasteiger charge is 2.47. The van der Waals surface area contributed by atoms with Gasteiger partial charge in [0.1, 0.15) is 5.41 Å². The van der Waals surface area contributed by atoms with Crippen molar-refractivity contribution >= 4 is 11.7 Å². The Morgan fingerprint density at radius 1 is 1.32 bits per heavy atom. The van der Waals surface area contributed by atoms with E-state index in [2.05, 4.69) is 5.16 Å². The van der Waals surface area contributed by atoms with E-state index in [1.165, 1.54) is 12.8 Å². The highest BCUT2D eigenvalue weighted by atomic mass is 16.4. The van der Waals surface area contributed by atoms with Crippen LogP contribution in [0.3, 0.4) is 0 Å². The third-order valence-electron chi connectivity index (χ3n) is 4.61. The summed E-state index contributed by atoms with van der Waals surface area (Å²) < 4.78 is 0. The zero-order valence-electron chi connectivity index (χ0n) is 11.9. The van der Waals surface area contributed by atoms with E-state index in [0.29, 0.717) is 24.8 Å². The number of carbonyl (C=O) groups excluding carboxylic acids is 1. The minimum Gasteiger partial charge on any atom is -0.409 e. The summed E-state index contributed by atoms with van der Waals surface area (Å²) in [6.45, 7) is 4.72. The Labute approximate surface area is 114 Å². The minimum atomic E-state index is -0.827. The molecule has 0 atom stereocenters. The van der Waals surface area contributed by atoms with Gasteiger partial charge in [0, 0.05) is 12.6 Å². The van der Waals surface area contributed by atoms with Crippen molar-refractivity contribution in [3.63, 3.8) is 0 Å². The van der Waals surface area contributed by atoms with Crippen molar-refractivity contribution in [2.75, 3.05) is 6.54 Å². The molecular weight excluding hydrogens is 242 g/mol. The molecule has 2 aliphatic rings. The molecule has 0 heterocycles. The predicted molar refractivity (Wildman–Crippen MR) is 73.9 cm³/mol. The molecule has 2 fully saturated rings. The molecule has 2 rings (SSSR count). The van der Waals surface area contributed by atoms with E-state index < -0.39 is 5.41 Å². The summed E-state index contributed by atoms with van der Waals surface area (Å²) >= 11 is 0. The topological polar surface area (TPSA) is 78.9 Å². The van der Waals surface area contributed by atoms with Crippen molar-refractivity contribution in [1.82, 2.24) is 4.90 Å². The van der Waals surface area contributed by atoms with Crippen LogP contribution >= 0.6 is 0 Å². The van der Waals surface area contributed by atoms with Crippen molar-refractivity contribution in [3.8, 4) is 0 Å². The van der Waals surface area contributed by atoms with Crippen LogP contribution in [0.25, 0.3) is 0 Å². The summed E-state index contributed by atoms with van der Waals surface area (Å²) in [5.74, 6) is 0.786.